The average molecular weight is 381 g/mol. The Bertz CT molecular complexity index is 808. The molecule has 0 aromatic heterocycles. The second-order valence-corrected chi connectivity index (χ2v) is 7.43. The number of carbonyl (C=O) groups is 2. The first-order valence-electron chi connectivity index (χ1n) is 9.18. The Balaban J connectivity index is 2.14. The highest BCUT2D eigenvalue weighted by Gasteiger charge is 2.24. The van der Waals surface area contributed by atoms with Crippen LogP contribution in [-0.2, 0) is 20.9 Å². The van der Waals surface area contributed by atoms with Gasteiger partial charge in [0.1, 0.15) is 18.2 Å². The third kappa shape index (κ3) is 7.27. The first-order chi connectivity index (χ1) is 13.2. The minimum atomic E-state index is -0.959. The highest BCUT2D eigenvalue weighted by Crippen LogP contribution is 2.15. The van der Waals surface area contributed by atoms with Crippen LogP contribution in [0.3, 0.4) is 0 Å². The summed E-state index contributed by atoms with van der Waals surface area (Å²) in [6.45, 7) is 7.30. The largest absolute Gasteiger partial charge is 0.459 e. The molecule has 0 saturated carbocycles. The molecule has 0 saturated heterocycles. The summed E-state index contributed by atoms with van der Waals surface area (Å²) in [6, 6.07) is 18.0. The number of benzene rings is 2. The van der Waals surface area contributed by atoms with Crippen molar-refractivity contribution in [3.63, 3.8) is 0 Å². The molecule has 2 aromatic rings. The van der Waals surface area contributed by atoms with Gasteiger partial charge >= 0.3 is 12.1 Å². The second kappa shape index (κ2) is 9.74. The molecule has 1 atom stereocenters. The maximum atomic E-state index is 12.6. The Morgan fingerprint density at radius 2 is 1.57 bits per heavy atom. The molecule has 2 rings (SSSR count). The number of nitrogens with one attached hydrogen (secondary N) is 1. The van der Waals surface area contributed by atoms with E-state index in [2.05, 4.69) is 5.32 Å². The zero-order valence-corrected chi connectivity index (χ0v) is 16.8. The first kappa shape index (κ1) is 21.2. The quantitative estimate of drug-likeness (QED) is 0.735. The Morgan fingerprint density at radius 3 is 2.14 bits per heavy atom. The molecule has 148 valence electrons. The fourth-order valence-corrected chi connectivity index (χ4v) is 2.47. The SMILES string of the molecule is C/C(=C\[C@@H](NC(=O)OC(C)(C)C)C(=O)OCc1ccccc1)c1ccccc1. The van der Waals surface area contributed by atoms with Gasteiger partial charge in [-0.15, -0.1) is 0 Å². The van der Waals surface area contributed by atoms with Crippen LogP contribution < -0.4 is 5.32 Å². The Labute approximate surface area is 166 Å². The minimum absolute atomic E-state index is 0.129. The second-order valence-electron chi connectivity index (χ2n) is 7.43. The van der Waals surface area contributed by atoms with E-state index in [-0.39, 0.29) is 6.61 Å². The summed E-state index contributed by atoms with van der Waals surface area (Å²) in [7, 11) is 0. The normalized spacial score (nSPS) is 12.8. The number of allylic oxidation sites excluding steroid dienone is 1. The fraction of sp³-hybridized carbons (Fsp3) is 0.304. The van der Waals surface area contributed by atoms with Crippen molar-refractivity contribution in [3.8, 4) is 0 Å². The lowest BCUT2D eigenvalue weighted by atomic mass is 10.1. The zero-order valence-electron chi connectivity index (χ0n) is 16.8. The predicted octanol–water partition coefficient (Wildman–Crippen LogP) is 4.73. The summed E-state index contributed by atoms with van der Waals surface area (Å²) < 4.78 is 10.7. The van der Waals surface area contributed by atoms with Crippen LogP contribution in [0.5, 0.6) is 0 Å². The predicted molar refractivity (Wildman–Crippen MR) is 109 cm³/mol. The topological polar surface area (TPSA) is 64.6 Å². The molecular formula is C23H27NO4. The van der Waals surface area contributed by atoms with E-state index in [4.69, 9.17) is 9.47 Å². The third-order valence-electron chi connectivity index (χ3n) is 3.80. The molecule has 0 aliphatic carbocycles. The lowest BCUT2D eigenvalue weighted by Crippen LogP contribution is -2.43. The molecule has 5 heteroatoms. The van der Waals surface area contributed by atoms with E-state index in [9.17, 15) is 9.59 Å². The third-order valence-corrected chi connectivity index (χ3v) is 3.80. The van der Waals surface area contributed by atoms with Gasteiger partial charge in [0.15, 0.2) is 0 Å². The summed E-state index contributed by atoms with van der Waals surface area (Å²) in [5.41, 5.74) is 2.00. The van der Waals surface area contributed by atoms with E-state index in [1.54, 1.807) is 26.8 Å². The van der Waals surface area contributed by atoms with Gasteiger partial charge in [0.05, 0.1) is 0 Å². The lowest BCUT2D eigenvalue weighted by Gasteiger charge is -2.22. The van der Waals surface area contributed by atoms with Crippen LogP contribution in [0.15, 0.2) is 66.7 Å². The van der Waals surface area contributed by atoms with Gasteiger partial charge in [-0.05, 0) is 50.5 Å². The van der Waals surface area contributed by atoms with Gasteiger partial charge in [-0.2, -0.15) is 0 Å². The van der Waals surface area contributed by atoms with Crippen LogP contribution in [0.25, 0.3) is 5.57 Å². The average Bonchev–Trinajstić information content (AvgIpc) is 2.65. The number of hydrogen-bond acceptors (Lipinski definition) is 4. The van der Waals surface area contributed by atoms with Crippen molar-refractivity contribution >= 4 is 17.6 Å². The molecular weight excluding hydrogens is 354 g/mol. The molecule has 1 amide bonds. The number of amides is 1. The van der Waals surface area contributed by atoms with Gasteiger partial charge < -0.3 is 14.8 Å². The van der Waals surface area contributed by atoms with Crippen LogP contribution in [0.1, 0.15) is 38.8 Å². The summed E-state index contributed by atoms with van der Waals surface area (Å²) in [5, 5.41) is 2.60. The molecule has 5 nitrogen and oxygen atoms in total. The number of esters is 1. The van der Waals surface area contributed by atoms with Gasteiger partial charge in [-0.3, -0.25) is 0 Å². The number of carbonyl (C=O) groups excluding carboxylic acids is 2. The molecule has 28 heavy (non-hydrogen) atoms. The summed E-state index contributed by atoms with van der Waals surface area (Å²) in [5.74, 6) is -0.551. The molecule has 1 N–H and O–H groups in total. The van der Waals surface area contributed by atoms with Crippen LogP contribution in [0, 0.1) is 0 Å². The van der Waals surface area contributed by atoms with Crippen LogP contribution in [-0.4, -0.2) is 23.7 Å². The number of hydrogen-bond donors (Lipinski definition) is 1. The van der Waals surface area contributed by atoms with Crippen molar-refractivity contribution in [2.75, 3.05) is 0 Å². The Hall–Kier alpha value is -3.08. The van der Waals surface area contributed by atoms with Gasteiger partial charge in [0.2, 0.25) is 0 Å². The lowest BCUT2D eigenvalue weighted by molar-refractivity contribution is -0.146. The maximum absolute atomic E-state index is 12.6. The molecule has 0 unspecified atom stereocenters. The standard InChI is InChI=1S/C23H27NO4/c1-17(19-13-9-6-10-14-19)15-20(24-22(26)28-23(2,3)4)21(25)27-16-18-11-7-5-8-12-18/h5-15,20H,16H2,1-4H3,(H,24,26)/b17-15+/t20-/m1/s1. The van der Waals surface area contributed by atoms with E-state index in [0.717, 1.165) is 16.7 Å². The van der Waals surface area contributed by atoms with Crippen LogP contribution >= 0.6 is 0 Å². The van der Waals surface area contributed by atoms with E-state index in [0.29, 0.717) is 0 Å². The van der Waals surface area contributed by atoms with Gasteiger partial charge in [-0.1, -0.05) is 60.7 Å². The summed E-state index contributed by atoms with van der Waals surface area (Å²) in [6.07, 6.45) is 0.998. The van der Waals surface area contributed by atoms with E-state index >= 15 is 0 Å². The molecule has 0 aliphatic heterocycles. The molecule has 0 heterocycles. The first-order valence-corrected chi connectivity index (χ1v) is 9.18. The minimum Gasteiger partial charge on any atom is -0.459 e. The number of ether oxygens (including phenoxy) is 2. The molecule has 0 bridgehead atoms. The van der Waals surface area contributed by atoms with Crippen molar-refractivity contribution in [2.24, 2.45) is 0 Å². The zero-order chi connectivity index (χ0) is 20.6. The molecule has 0 spiro atoms. The summed E-state index contributed by atoms with van der Waals surface area (Å²) in [4.78, 5) is 24.8. The molecule has 0 radical (unpaired) electrons. The number of rotatable bonds is 6. The van der Waals surface area contributed by atoms with Gasteiger partial charge in [-0.25, -0.2) is 9.59 Å². The molecule has 2 aromatic carbocycles. The Morgan fingerprint density at radius 1 is 1.00 bits per heavy atom. The molecule has 0 aliphatic rings. The van der Waals surface area contributed by atoms with Crippen molar-refractivity contribution in [1.29, 1.82) is 0 Å². The maximum Gasteiger partial charge on any atom is 0.408 e. The van der Waals surface area contributed by atoms with E-state index in [1.807, 2.05) is 67.6 Å². The number of alkyl carbamates (subject to hydrolysis) is 1. The van der Waals surface area contributed by atoms with Crippen molar-refractivity contribution in [2.45, 2.75) is 45.9 Å². The Kier molecular flexibility index (Phi) is 7.38. The fourth-order valence-electron chi connectivity index (χ4n) is 2.47. The van der Waals surface area contributed by atoms with E-state index in [1.165, 1.54) is 0 Å². The van der Waals surface area contributed by atoms with Crippen molar-refractivity contribution < 1.29 is 19.1 Å². The van der Waals surface area contributed by atoms with Gasteiger partial charge in [0, 0.05) is 0 Å². The smallest absolute Gasteiger partial charge is 0.408 e. The van der Waals surface area contributed by atoms with Crippen molar-refractivity contribution in [1.82, 2.24) is 5.32 Å². The van der Waals surface area contributed by atoms with Crippen molar-refractivity contribution in [3.05, 3.63) is 77.9 Å². The van der Waals surface area contributed by atoms with E-state index < -0.39 is 23.7 Å². The monoisotopic (exact) mass is 381 g/mol. The highest BCUT2D eigenvalue weighted by molar-refractivity contribution is 5.85. The summed E-state index contributed by atoms with van der Waals surface area (Å²) >= 11 is 0. The van der Waals surface area contributed by atoms with Crippen LogP contribution in [0.4, 0.5) is 4.79 Å². The van der Waals surface area contributed by atoms with Crippen LogP contribution in [0.2, 0.25) is 0 Å². The van der Waals surface area contributed by atoms with Gasteiger partial charge in [0.25, 0.3) is 0 Å². The molecule has 0 fully saturated rings. The highest BCUT2D eigenvalue weighted by atomic mass is 16.6.